The van der Waals surface area contributed by atoms with Gasteiger partial charge in [-0.05, 0) is 19.3 Å². The second-order valence-electron chi connectivity index (χ2n) is 12.0. The lowest BCUT2D eigenvalue weighted by atomic mass is 10.0. The first-order valence-corrected chi connectivity index (χ1v) is 17.0. The quantitative estimate of drug-likeness (QED) is 0.0977. The predicted molar refractivity (Wildman–Crippen MR) is 163 cm³/mol. The lowest BCUT2D eigenvalue weighted by molar-refractivity contribution is 0.159. The minimum Gasteiger partial charge on any atom is -0.359 e. The third-order valence-corrected chi connectivity index (χ3v) is 8.43. The Morgan fingerprint density at radius 1 is 0.417 bits per heavy atom. The molecule has 1 heterocycles. The van der Waals surface area contributed by atoms with Gasteiger partial charge in [0.15, 0.2) is 0 Å². The summed E-state index contributed by atoms with van der Waals surface area (Å²) >= 11 is 0. The van der Waals surface area contributed by atoms with Gasteiger partial charge < -0.3 is 9.80 Å². The van der Waals surface area contributed by atoms with E-state index in [1.165, 1.54) is 180 Å². The van der Waals surface area contributed by atoms with Crippen molar-refractivity contribution in [1.82, 2.24) is 9.80 Å². The molecule has 2 nitrogen and oxygen atoms in total. The van der Waals surface area contributed by atoms with Crippen molar-refractivity contribution in [2.45, 2.75) is 193 Å². The molecule has 1 atom stereocenters. The fourth-order valence-corrected chi connectivity index (χ4v) is 5.87. The average Bonchev–Trinajstić information content (AvgIpc) is 3.23. The van der Waals surface area contributed by atoms with Crippen LogP contribution in [-0.2, 0) is 0 Å². The molecule has 0 saturated carbocycles. The Kier molecular flexibility index (Phi) is 24.1. The second kappa shape index (κ2) is 26.0. The molecule has 2 heteroatoms. The highest BCUT2D eigenvalue weighted by Gasteiger charge is 2.22. The van der Waals surface area contributed by atoms with Crippen LogP contribution in [0.2, 0.25) is 0 Å². The molecule has 0 bridgehead atoms. The van der Waals surface area contributed by atoms with Gasteiger partial charge in [0, 0.05) is 26.0 Å². The molecule has 0 aromatic carbocycles. The molecular weight excluding hydrogens is 436 g/mol. The molecule has 1 aliphatic rings. The number of nitrogens with zero attached hydrogens (tertiary/aromatic N) is 2. The Morgan fingerprint density at radius 3 is 1.14 bits per heavy atom. The highest BCUT2D eigenvalue weighted by atomic mass is 15.4. The van der Waals surface area contributed by atoms with Crippen LogP contribution in [0.15, 0.2) is 12.4 Å². The number of hydrogen-bond donors (Lipinski definition) is 0. The van der Waals surface area contributed by atoms with E-state index in [2.05, 4.69) is 43.1 Å². The first kappa shape index (κ1) is 33.4. The third kappa shape index (κ3) is 19.5. The minimum absolute atomic E-state index is 0.621. The molecule has 0 aromatic rings. The monoisotopic (exact) mass is 505 g/mol. The standard InChI is InChI=1S/C34H68N2/c1-4-6-8-10-12-14-16-17-18-19-21-23-25-27-29-31-36-33-32-35(3)34(36)30-28-26-24-22-20-15-13-11-9-7-5-2/h32-34H,4-31H2,1-3H3. The van der Waals surface area contributed by atoms with Crippen LogP contribution < -0.4 is 0 Å². The average molecular weight is 505 g/mol. The molecule has 1 rings (SSSR count). The Labute approximate surface area is 229 Å². The molecule has 0 aliphatic carbocycles. The van der Waals surface area contributed by atoms with E-state index in [1.807, 2.05) is 0 Å². The minimum atomic E-state index is 0.621. The normalized spacial score (nSPS) is 15.5. The molecule has 0 amide bonds. The fraction of sp³-hybridized carbons (Fsp3) is 0.941. The van der Waals surface area contributed by atoms with Crippen molar-refractivity contribution < 1.29 is 0 Å². The van der Waals surface area contributed by atoms with Gasteiger partial charge in [0.05, 0.1) is 0 Å². The maximum Gasteiger partial charge on any atom is 0.100 e. The van der Waals surface area contributed by atoms with Crippen molar-refractivity contribution in [3.05, 3.63) is 12.4 Å². The van der Waals surface area contributed by atoms with Gasteiger partial charge >= 0.3 is 0 Å². The Balaban J connectivity index is 1.88. The van der Waals surface area contributed by atoms with Crippen LogP contribution in [0, 0.1) is 0 Å². The fourth-order valence-electron chi connectivity index (χ4n) is 5.87. The van der Waals surface area contributed by atoms with Gasteiger partial charge in [0.2, 0.25) is 0 Å². The molecule has 1 aliphatic heterocycles. The van der Waals surface area contributed by atoms with E-state index >= 15 is 0 Å². The van der Waals surface area contributed by atoms with Gasteiger partial charge in [0.1, 0.15) is 6.17 Å². The summed E-state index contributed by atoms with van der Waals surface area (Å²) < 4.78 is 0. The molecule has 0 aromatic heterocycles. The molecule has 0 N–H and O–H groups in total. The van der Waals surface area contributed by atoms with E-state index in [0.717, 1.165) is 0 Å². The van der Waals surface area contributed by atoms with Crippen LogP contribution in [0.4, 0.5) is 0 Å². The lowest BCUT2D eigenvalue weighted by Gasteiger charge is -2.30. The van der Waals surface area contributed by atoms with E-state index in [1.54, 1.807) is 0 Å². The zero-order chi connectivity index (χ0) is 25.9. The summed E-state index contributed by atoms with van der Waals surface area (Å²) in [5, 5.41) is 0. The van der Waals surface area contributed by atoms with Gasteiger partial charge in [-0.2, -0.15) is 0 Å². The maximum absolute atomic E-state index is 2.62. The third-order valence-electron chi connectivity index (χ3n) is 8.43. The van der Waals surface area contributed by atoms with E-state index in [0.29, 0.717) is 6.17 Å². The Morgan fingerprint density at radius 2 is 0.750 bits per heavy atom. The molecule has 0 spiro atoms. The summed E-state index contributed by atoms with van der Waals surface area (Å²) in [6.07, 6.45) is 44.1. The van der Waals surface area contributed by atoms with Gasteiger partial charge in [-0.3, -0.25) is 0 Å². The van der Waals surface area contributed by atoms with Gasteiger partial charge in [-0.1, -0.05) is 168 Å². The smallest absolute Gasteiger partial charge is 0.100 e. The number of rotatable bonds is 28. The summed E-state index contributed by atoms with van der Waals surface area (Å²) in [6.45, 7) is 5.86. The van der Waals surface area contributed by atoms with Crippen LogP contribution in [0.5, 0.6) is 0 Å². The van der Waals surface area contributed by atoms with Crippen LogP contribution in [-0.4, -0.2) is 29.6 Å². The number of hydrogen-bond acceptors (Lipinski definition) is 2. The Hall–Kier alpha value is -0.660. The van der Waals surface area contributed by atoms with Crippen LogP contribution >= 0.6 is 0 Å². The summed E-state index contributed by atoms with van der Waals surface area (Å²) in [4.78, 5) is 5.07. The van der Waals surface area contributed by atoms with E-state index in [4.69, 9.17) is 0 Å². The second-order valence-corrected chi connectivity index (χ2v) is 12.0. The number of unbranched alkanes of at least 4 members (excludes halogenated alkanes) is 24. The topological polar surface area (TPSA) is 6.48 Å². The van der Waals surface area contributed by atoms with Crippen LogP contribution in [0.25, 0.3) is 0 Å². The van der Waals surface area contributed by atoms with Crippen molar-refractivity contribution >= 4 is 0 Å². The van der Waals surface area contributed by atoms with Crippen LogP contribution in [0.1, 0.15) is 187 Å². The molecular formula is C34H68N2. The first-order valence-electron chi connectivity index (χ1n) is 17.0. The zero-order valence-corrected chi connectivity index (χ0v) is 25.4. The largest absolute Gasteiger partial charge is 0.359 e. The zero-order valence-electron chi connectivity index (χ0n) is 25.4. The molecule has 214 valence electrons. The lowest BCUT2D eigenvalue weighted by Crippen LogP contribution is -2.37. The van der Waals surface area contributed by atoms with Crippen molar-refractivity contribution in [2.75, 3.05) is 13.6 Å². The summed E-state index contributed by atoms with van der Waals surface area (Å²) in [6, 6.07) is 0. The van der Waals surface area contributed by atoms with Gasteiger partial charge in [-0.25, -0.2) is 0 Å². The summed E-state index contributed by atoms with van der Waals surface area (Å²) in [7, 11) is 2.27. The van der Waals surface area contributed by atoms with E-state index < -0.39 is 0 Å². The first-order chi connectivity index (χ1) is 17.8. The SMILES string of the molecule is CCCCCCCCCCCCCCCCCN1C=CN(C)C1CCCCCCCCCCCCC. The predicted octanol–water partition coefficient (Wildman–Crippen LogP) is 11.6. The molecule has 36 heavy (non-hydrogen) atoms. The highest BCUT2D eigenvalue weighted by Crippen LogP contribution is 2.22. The highest BCUT2D eigenvalue weighted by molar-refractivity contribution is 4.95. The maximum atomic E-state index is 2.62. The van der Waals surface area contributed by atoms with Crippen LogP contribution in [0.3, 0.4) is 0 Å². The van der Waals surface area contributed by atoms with E-state index in [9.17, 15) is 0 Å². The van der Waals surface area contributed by atoms with Crippen molar-refractivity contribution in [3.63, 3.8) is 0 Å². The van der Waals surface area contributed by atoms with Crippen molar-refractivity contribution in [1.29, 1.82) is 0 Å². The molecule has 0 radical (unpaired) electrons. The Bertz CT molecular complexity index is 460. The van der Waals surface area contributed by atoms with Gasteiger partial charge in [-0.15, -0.1) is 0 Å². The van der Waals surface area contributed by atoms with Crippen molar-refractivity contribution in [2.24, 2.45) is 0 Å². The van der Waals surface area contributed by atoms with E-state index in [-0.39, 0.29) is 0 Å². The van der Waals surface area contributed by atoms with Gasteiger partial charge in [0.25, 0.3) is 0 Å². The molecule has 0 fully saturated rings. The van der Waals surface area contributed by atoms with Crippen molar-refractivity contribution in [3.8, 4) is 0 Å². The summed E-state index contributed by atoms with van der Waals surface area (Å²) in [5.74, 6) is 0. The molecule has 1 unspecified atom stereocenters. The molecule has 0 saturated heterocycles. The summed E-state index contributed by atoms with van der Waals surface area (Å²) in [5.41, 5.74) is 0.